The number of likely N-dealkylation sites (tertiary alicyclic amines) is 1. The van der Waals surface area contributed by atoms with Gasteiger partial charge in [0.1, 0.15) is 0 Å². The number of carbonyl (C=O) groups excluding carboxylic acids is 1. The van der Waals surface area contributed by atoms with Crippen molar-refractivity contribution in [2.45, 2.75) is 6.42 Å². The molecule has 3 heteroatoms. The van der Waals surface area contributed by atoms with Gasteiger partial charge in [-0.05, 0) is 31.6 Å². The molecule has 0 aliphatic carbocycles. The van der Waals surface area contributed by atoms with Crippen LogP contribution in [0.25, 0.3) is 0 Å². The minimum atomic E-state index is 0.121. The highest BCUT2D eigenvalue weighted by Gasteiger charge is 2.18. The topological polar surface area (TPSA) is 20.3 Å². The van der Waals surface area contributed by atoms with E-state index < -0.39 is 0 Å². The first-order valence-corrected chi connectivity index (χ1v) is 5.15. The van der Waals surface area contributed by atoms with E-state index in [-0.39, 0.29) is 5.78 Å². The Morgan fingerprint density at radius 1 is 1.36 bits per heavy atom. The van der Waals surface area contributed by atoms with Crippen LogP contribution in [0.4, 0.5) is 0 Å². The van der Waals surface area contributed by atoms with Crippen LogP contribution in [0.2, 0.25) is 5.02 Å². The van der Waals surface area contributed by atoms with Gasteiger partial charge in [0, 0.05) is 5.56 Å². The van der Waals surface area contributed by atoms with Crippen LogP contribution in [0.1, 0.15) is 16.8 Å². The molecule has 0 aromatic heterocycles. The first-order valence-electron chi connectivity index (χ1n) is 4.77. The lowest BCUT2D eigenvalue weighted by Crippen LogP contribution is -2.40. The summed E-state index contributed by atoms with van der Waals surface area (Å²) in [4.78, 5) is 13.9. The molecular formula is C11H12ClNO. The summed E-state index contributed by atoms with van der Waals surface area (Å²) in [5, 5.41) is 0.554. The fraction of sp³-hybridized carbons (Fsp3) is 0.364. The molecule has 0 spiro atoms. The predicted molar refractivity (Wildman–Crippen MR) is 56.8 cm³/mol. The summed E-state index contributed by atoms with van der Waals surface area (Å²) < 4.78 is 0. The van der Waals surface area contributed by atoms with E-state index in [0.29, 0.717) is 17.1 Å². The molecule has 0 bridgehead atoms. The number of hydrogen-bond donors (Lipinski definition) is 0. The summed E-state index contributed by atoms with van der Waals surface area (Å²) in [6, 6.07) is 7.22. The Morgan fingerprint density at radius 3 is 2.64 bits per heavy atom. The van der Waals surface area contributed by atoms with Crippen LogP contribution in [0.15, 0.2) is 24.3 Å². The molecule has 14 heavy (non-hydrogen) atoms. The number of benzene rings is 1. The van der Waals surface area contributed by atoms with Gasteiger partial charge in [0.25, 0.3) is 0 Å². The molecule has 2 nitrogen and oxygen atoms in total. The summed E-state index contributed by atoms with van der Waals surface area (Å²) >= 11 is 5.92. The molecule has 2 rings (SSSR count). The van der Waals surface area contributed by atoms with E-state index in [0.717, 1.165) is 13.1 Å². The number of hydrogen-bond acceptors (Lipinski definition) is 2. The fourth-order valence-electron chi connectivity index (χ4n) is 1.52. The van der Waals surface area contributed by atoms with Crippen molar-refractivity contribution in [1.29, 1.82) is 0 Å². The average Bonchev–Trinajstić information content (AvgIpc) is 2.12. The van der Waals surface area contributed by atoms with Crippen molar-refractivity contribution in [2.24, 2.45) is 0 Å². The Kier molecular flexibility index (Phi) is 2.85. The second kappa shape index (κ2) is 4.11. The molecule has 1 aliphatic rings. The molecule has 1 aliphatic heterocycles. The van der Waals surface area contributed by atoms with Gasteiger partial charge in [-0.2, -0.15) is 0 Å². The highest BCUT2D eigenvalue weighted by atomic mass is 35.5. The third kappa shape index (κ3) is 1.97. The number of nitrogens with zero attached hydrogens (tertiary/aromatic N) is 1. The number of Topliss-reactive ketones (excluding diaryl/α,β-unsaturated/α-hetero) is 1. The highest BCUT2D eigenvalue weighted by Crippen LogP contribution is 2.17. The van der Waals surface area contributed by atoms with Crippen molar-refractivity contribution in [3.63, 3.8) is 0 Å². The van der Waals surface area contributed by atoms with Crippen LogP contribution < -0.4 is 0 Å². The van der Waals surface area contributed by atoms with E-state index in [1.165, 1.54) is 6.42 Å². The van der Waals surface area contributed by atoms with Gasteiger partial charge in [0.05, 0.1) is 11.6 Å². The summed E-state index contributed by atoms with van der Waals surface area (Å²) in [6.45, 7) is 2.58. The van der Waals surface area contributed by atoms with E-state index in [1.54, 1.807) is 12.1 Å². The van der Waals surface area contributed by atoms with Gasteiger partial charge in [0.2, 0.25) is 0 Å². The van der Waals surface area contributed by atoms with E-state index in [9.17, 15) is 4.79 Å². The maximum atomic E-state index is 11.7. The predicted octanol–water partition coefficient (Wildman–Crippen LogP) is 2.23. The molecule has 0 saturated carbocycles. The van der Waals surface area contributed by atoms with Crippen LogP contribution >= 0.6 is 11.6 Å². The zero-order chi connectivity index (χ0) is 9.97. The molecule has 1 saturated heterocycles. The molecular weight excluding hydrogens is 198 g/mol. The molecule has 0 atom stereocenters. The summed E-state index contributed by atoms with van der Waals surface area (Å²) in [7, 11) is 0. The van der Waals surface area contributed by atoms with Gasteiger partial charge in [-0.15, -0.1) is 0 Å². The molecule has 0 radical (unpaired) electrons. The van der Waals surface area contributed by atoms with Gasteiger partial charge in [-0.3, -0.25) is 9.69 Å². The molecule has 1 aromatic rings. The summed E-state index contributed by atoms with van der Waals surface area (Å²) in [5.41, 5.74) is 0.640. The number of rotatable bonds is 3. The van der Waals surface area contributed by atoms with Gasteiger partial charge in [-0.1, -0.05) is 23.7 Å². The quantitative estimate of drug-likeness (QED) is 0.712. The lowest BCUT2D eigenvalue weighted by molar-refractivity contribution is 0.0875. The van der Waals surface area contributed by atoms with Gasteiger partial charge in [0.15, 0.2) is 5.78 Å². The maximum absolute atomic E-state index is 11.7. The average molecular weight is 210 g/mol. The smallest absolute Gasteiger partial charge is 0.178 e. The minimum Gasteiger partial charge on any atom is -0.296 e. The second-order valence-corrected chi connectivity index (χ2v) is 3.94. The van der Waals surface area contributed by atoms with E-state index in [1.807, 2.05) is 12.1 Å². The monoisotopic (exact) mass is 209 g/mol. The standard InChI is InChI=1S/C11H12ClNO/c12-10-5-2-1-4-9(10)11(14)8-13-6-3-7-13/h1-2,4-5H,3,6-8H2. The van der Waals surface area contributed by atoms with Crippen LogP contribution in [0, 0.1) is 0 Å². The number of halogens is 1. The van der Waals surface area contributed by atoms with Gasteiger partial charge < -0.3 is 0 Å². The molecule has 74 valence electrons. The fourth-order valence-corrected chi connectivity index (χ4v) is 1.76. The molecule has 0 amide bonds. The van der Waals surface area contributed by atoms with Crippen molar-refractivity contribution in [2.75, 3.05) is 19.6 Å². The van der Waals surface area contributed by atoms with Crippen molar-refractivity contribution >= 4 is 17.4 Å². The molecule has 0 unspecified atom stereocenters. The SMILES string of the molecule is O=C(CN1CCC1)c1ccccc1Cl. The van der Waals surface area contributed by atoms with Gasteiger partial charge in [-0.25, -0.2) is 0 Å². The van der Waals surface area contributed by atoms with Crippen molar-refractivity contribution in [3.05, 3.63) is 34.9 Å². The lowest BCUT2D eigenvalue weighted by Gasteiger charge is -2.29. The Morgan fingerprint density at radius 2 is 2.07 bits per heavy atom. The molecule has 1 heterocycles. The first kappa shape index (κ1) is 9.69. The Balaban J connectivity index is 2.06. The van der Waals surface area contributed by atoms with Crippen LogP contribution in [-0.4, -0.2) is 30.3 Å². The normalized spacial score (nSPS) is 16.4. The largest absolute Gasteiger partial charge is 0.296 e. The minimum absolute atomic E-state index is 0.121. The van der Waals surface area contributed by atoms with E-state index >= 15 is 0 Å². The van der Waals surface area contributed by atoms with Gasteiger partial charge >= 0.3 is 0 Å². The zero-order valence-electron chi connectivity index (χ0n) is 7.87. The lowest BCUT2D eigenvalue weighted by atomic mass is 10.1. The summed E-state index contributed by atoms with van der Waals surface area (Å²) in [5.74, 6) is 0.121. The highest BCUT2D eigenvalue weighted by molar-refractivity contribution is 6.34. The maximum Gasteiger partial charge on any atom is 0.178 e. The molecule has 1 aromatic carbocycles. The third-order valence-corrected chi connectivity index (χ3v) is 2.82. The third-order valence-electron chi connectivity index (χ3n) is 2.49. The Bertz CT molecular complexity index is 347. The van der Waals surface area contributed by atoms with Crippen molar-refractivity contribution in [3.8, 4) is 0 Å². The zero-order valence-corrected chi connectivity index (χ0v) is 8.63. The van der Waals surface area contributed by atoms with Crippen LogP contribution in [-0.2, 0) is 0 Å². The Hall–Kier alpha value is -0.860. The van der Waals surface area contributed by atoms with Crippen LogP contribution in [0.3, 0.4) is 0 Å². The van der Waals surface area contributed by atoms with E-state index in [2.05, 4.69) is 4.90 Å². The second-order valence-electron chi connectivity index (χ2n) is 3.53. The molecule has 1 fully saturated rings. The van der Waals surface area contributed by atoms with E-state index in [4.69, 9.17) is 11.6 Å². The number of carbonyl (C=O) groups is 1. The molecule has 0 N–H and O–H groups in total. The Labute approximate surface area is 88.5 Å². The number of ketones is 1. The first-order chi connectivity index (χ1) is 6.77. The summed E-state index contributed by atoms with van der Waals surface area (Å²) in [6.07, 6.45) is 1.20. The van der Waals surface area contributed by atoms with Crippen molar-refractivity contribution in [1.82, 2.24) is 4.90 Å². The van der Waals surface area contributed by atoms with Crippen LogP contribution in [0.5, 0.6) is 0 Å². The van der Waals surface area contributed by atoms with Crippen molar-refractivity contribution < 1.29 is 4.79 Å².